The van der Waals surface area contributed by atoms with Crippen LogP contribution in [0.25, 0.3) is 133 Å². The van der Waals surface area contributed by atoms with Crippen molar-refractivity contribution < 1.29 is 0 Å². The van der Waals surface area contributed by atoms with E-state index in [0.29, 0.717) is 0 Å². The molecule has 11 aromatic carbocycles. The molecule has 0 aromatic heterocycles. The number of benzene rings is 11. The van der Waals surface area contributed by atoms with Crippen LogP contribution < -0.4 is 0 Å². The first-order chi connectivity index (χ1) is 33.3. The summed E-state index contributed by atoms with van der Waals surface area (Å²) in [5.74, 6) is 0. The standard InChI is InChI=1S/C68H46/c1-67(2)55-25-15-13-21-45(55)47-29-27-41(37-57(47)67)44-32-31-43(39-17-7-5-8-18-39)61-51-33-35-53-64-54(36-34-52(62(44)61)63(51)64)66-60(42-28-30-48-46-22-14-16-26-56(46)68(3,4)58(48)38-42)50-24-12-11-23-49(50)59(65(53)66)40-19-9-6-10-20-40/h5-38H,1-4H3. The molecular formula is C68H46. The second-order valence-electron chi connectivity index (χ2n) is 20.6. The molecule has 0 saturated carbocycles. The average molecular weight is 863 g/mol. The molecule has 0 atom stereocenters. The van der Waals surface area contributed by atoms with Crippen LogP contribution in [-0.2, 0) is 10.8 Å². The van der Waals surface area contributed by atoms with Gasteiger partial charge in [-0.15, -0.1) is 0 Å². The molecule has 0 aliphatic heterocycles. The number of hydrogen-bond acceptors (Lipinski definition) is 0. The SMILES string of the molecule is CC1(C)c2ccccc2-c2ccc(-c3ccc(-c4ccccc4)c4c3-c3ccc5c6c(ccc-4c36)-c3c-5c(-c4ccc5c(c4)C(C)(C)c4ccccc4-5)c4ccccc4c3-c3ccccc3)cc21. The Morgan fingerprint density at radius 2 is 0.574 bits per heavy atom. The number of rotatable bonds is 4. The zero-order valence-electron chi connectivity index (χ0n) is 38.6. The lowest BCUT2D eigenvalue weighted by Gasteiger charge is -2.24. The molecule has 318 valence electrons. The zero-order valence-corrected chi connectivity index (χ0v) is 38.6. The second-order valence-corrected chi connectivity index (χ2v) is 20.6. The maximum Gasteiger partial charge on any atom is 0.0159 e. The number of hydrogen-bond donors (Lipinski definition) is 0. The first-order valence-corrected chi connectivity index (χ1v) is 24.3. The van der Waals surface area contributed by atoms with E-state index in [0.717, 1.165) is 0 Å². The van der Waals surface area contributed by atoms with E-state index in [4.69, 9.17) is 0 Å². The smallest absolute Gasteiger partial charge is 0.0159 e. The first kappa shape index (κ1) is 38.1. The molecule has 0 bridgehead atoms. The molecular weight excluding hydrogens is 817 g/mol. The van der Waals surface area contributed by atoms with Crippen molar-refractivity contribution in [3.05, 3.63) is 229 Å². The lowest BCUT2D eigenvalue weighted by molar-refractivity contribution is 0.660. The highest BCUT2D eigenvalue weighted by molar-refractivity contribution is 6.33. The Labute approximate surface area is 397 Å². The molecule has 0 unspecified atom stereocenters. The van der Waals surface area contributed by atoms with E-state index in [-0.39, 0.29) is 10.8 Å². The van der Waals surface area contributed by atoms with Gasteiger partial charge in [0.2, 0.25) is 0 Å². The van der Waals surface area contributed by atoms with Gasteiger partial charge in [-0.05, 0) is 167 Å². The predicted octanol–water partition coefficient (Wildman–Crippen LogP) is 18.6. The predicted molar refractivity (Wildman–Crippen MR) is 287 cm³/mol. The third-order valence-corrected chi connectivity index (χ3v) is 16.6. The minimum atomic E-state index is -0.116. The van der Waals surface area contributed by atoms with Gasteiger partial charge in [-0.25, -0.2) is 0 Å². The Morgan fingerprint density at radius 3 is 1.10 bits per heavy atom. The molecule has 0 heteroatoms. The largest absolute Gasteiger partial charge is 0.0622 e. The van der Waals surface area contributed by atoms with Gasteiger partial charge in [0.25, 0.3) is 0 Å². The maximum atomic E-state index is 2.53. The normalized spacial score (nSPS) is 14.4. The average Bonchev–Trinajstić information content (AvgIpc) is 4.04. The summed E-state index contributed by atoms with van der Waals surface area (Å²) in [7, 11) is 0. The van der Waals surface area contributed by atoms with Crippen molar-refractivity contribution in [1.29, 1.82) is 0 Å². The van der Waals surface area contributed by atoms with Crippen LogP contribution in [-0.4, -0.2) is 0 Å². The summed E-state index contributed by atoms with van der Waals surface area (Å²) in [6.07, 6.45) is 0. The van der Waals surface area contributed by atoms with Gasteiger partial charge < -0.3 is 0 Å². The first-order valence-electron chi connectivity index (χ1n) is 24.3. The van der Waals surface area contributed by atoms with Gasteiger partial charge in [0.15, 0.2) is 0 Å². The van der Waals surface area contributed by atoms with E-state index in [1.807, 2.05) is 0 Å². The van der Waals surface area contributed by atoms with Gasteiger partial charge in [0.1, 0.15) is 0 Å². The Balaban J connectivity index is 1.03. The highest BCUT2D eigenvalue weighted by Gasteiger charge is 2.40. The Kier molecular flexibility index (Phi) is 7.45. The minimum Gasteiger partial charge on any atom is -0.0622 e. The van der Waals surface area contributed by atoms with E-state index in [1.54, 1.807) is 0 Å². The van der Waals surface area contributed by atoms with Gasteiger partial charge >= 0.3 is 0 Å². The summed E-state index contributed by atoms with van der Waals surface area (Å²) in [5.41, 5.74) is 31.7. The molecule has 0 spiro atoms. The van der Waals surface area contributed by atoms with Gasteiger partial charge in [0.05, 0.1) is 0 Å². The summed E-state index contributed by atoms with van der Waals surface area (Å²) in [5, 5.41) is 5.31. The van der Waals surface area contributed by atoms with Crippen LogP contribution in [0.3, 0.4) is 0 Å². The van der Waals surface area contributed by atoms with Crippen molar-refractivity contribution in [2.45, 2.75) is 38.5 Å². The molecule has 0 amide bonds. The molecule has 0 heterocycles. The third-order valence-electron chi connectivity index (χ3n) is 16.6. The van der Waals surface area contributed by atoms with Crippen molar-refractivity contribution >= 4 is 21.5 Å². The number of fused-ring (bicyclic) bond motifs is 13. The molecule has 15 rings (SSSR count). The van der Waals surface area contributed by atoms with Crippen LogP contribution in [0.2, 0.25) is 0 Å². The highest BCUT2D eigenvalue weighted by atomic mass is 14.4. The molecule has 0 N–H and O–H groups in total. The van der Waals surface area contributed by atoms with E-state index in [2.05, 4.69) is 234 Å². The Bertz CT molecular complexity index is 4050. The Morgan fingerprint density at radius 1 is 0.221 bits per heavy atom. The molecule has 0 fully saturated rings. The summed E-state index contributed by atoms with van der Waals surface area (Å²) in [6, 6.07) is 78.6. The molecule has 0 nitrogen and oxygen atoms in total. The van der Waals surface area contributed by atoms with Crippen molar-refractivity contribution in [3.8, 4) is 111 Å². The molecule has 68 heavy (non-hydrogen) atoms. The molecule has 4 aliphatic rings. The quantitative estimate of drug-likeness (QED) is 0.165. The highest BCUT2D eigenvalue weighted by Crippen LogP contribution is 2.64. The fourth-order valence-corrected chi connectivity index (χ4v) is 13.5. The molecule has 11 aromatic rings. The molecule has 0 radical (unpaired) electrons. The fraction of sp³-hybridized carbons (Fsp3) is 0.0882. The lowest BCUT2D eigenvalue weighted by atomic mass is 9.79. The van der Waals surface area contributed by atoms with E-state index in [9.17, 15) is 0 Å². The summed E-state index contributed by atoms with van der Waals surface area (Å²) in [6.45, 7) is 9.58. The van der Waals surface area contributed by atoms with Crippen molar-refractivity contribution in [3.63, 3.8) is 0 Å². The topological polar surface area (TPSA) is 0 Å². The van der Waals surface area contributed by atoms with Crippen LogP contribution in [0.4, 0.5) is 0 Å². The van der Waals surface area contributed by atoms with Crippen LogP contribution in [0.15, 0.2) is 206 Å². The summed E-state index contributed by atoms with van der Waals surface area (Å²) < 4.78 is 0. The van der Waals surface area contributed by atoms with Crippen molar-refractivity contribution in [2.24, 2.45) is 0 Å². The fourth-order valence-electron chi connectivity index (χ4n) is 13.5. The monoisotopic (exact) mass is 862 g/mol. The summed E-state index contributed by atoms with van der Waals surface area (Å²) in [4.78, 5) is 0. The Hall–Kier alpha value is -8.06. The minimum absolute atomic E-state index is 0.0946. The maximum absolute atomic E-state index is 2.53. The van der Waals surface area contributed by atoms with Crippen molar-refractivity contribution in [2.75, 3.05) is 0 Å². The van der Waals surface area contributed by atoms with Gasteiger partial charge in [-0.2, -0.15) is 0 Å². The van der Waals surface area contributed by atoms with Gasteiger partial charge in [-0.1, -0.05) is 222 Å². The van der Waals surface area contributed by atoms with Crippen LogP contribution in [0.5, 0.6) is 0 Å². The second kappa shape index (κ2) is 13.3. The van der Waals surface area contributed by atoms with Gasteiger partial charge in [0, 0.05) is 10.8 Å². The van der Waals surface area contributed by atoms with Crippen molar-refractivity contribution in [1.82, 2.24) is 0 Å². The van der Waals surface area contributed by atoms with Crippen LogP contribution in [0.1, 0.15) is 49.9 Å². The molecule has 0 saturated heterocycles. The van der Waals surface area contributed by atoms with Crippen LogP contribution >= 0.6 is 0 Å². The van der Waals surface area contributed by atoms with E-state index in [1.165, 1.54) is 155 Å². The molecule has 4 aliphatic carbocycles. The van der Waals surface area contributed by atoms with E-state index < -0.39 is 0 Å². The lowest BCUT2D eigenvalue weighted by Crippen LogP contribution is -2.14. The third kappa shape index (κ3) is 4.79. The summed E-state index contributed by atoms with van der Waals surface area (Å²) >= 11 is 0. The van der Waals surface area contributed by atoms with Gasteiger partial charge in [-0.3, -0.25) is 0 Å². The van der Waals surface area contributed by atoms with Crippen LogP contribution in [0, 0.1) is 0 Å². The van der Waals surface area contributed by atoms with E-state index >= 15 is 0 Å². The zero-order chi connectivity index (χ0) is 45.2.